The van der Waals surface area contributed by atoms with E-state index in [2.05, 4.69) is 24.3 Å². The van der Waals surface area contributed by atoms with Crippen LogP contribution in [0.3, 0.4) is 0 Å². The fraction of sp³-hybridized carbons (Fsp3) is 0.588. The first kappa shape index (κ1) is 14.9. The summed E-state index contributed by atoms with van der Waals surface area (Å²) in [7, 11) is 1.82. The lowest BCUT2D eigenvalue weighted by Crippen LogP contribution is -2.30. The molecule has 0 radical (unpaired) electrons. The van der Waals surface area contributed by atoms with Gasteiger partial charge in [-0.25, -0.2) is 4.79 Å². The molecule has 1 aromatic carbocycles. The maximum absolute atomic E-state index is 11.8. The highest BCUT2D eigenvalue weighted by atomic mass is 16.6. The molecular weight excluding hydrogens is 250 g/mol. The predicted molar refractivity (Wildman–Crippen MR) is 80.9 cm³/mol. The van der Waals surface area contributed by atoms with Gasteiger partial charge in [0.25, 0.3) is 0 Å². The highest BCUT2D eigenvalue weighted by Gasteiger charge is 2.22. The Labute approximate surface area is 121 Å². The van der Waals surface area contributed by atoms with Crippen LogP contribution < -0.4 is 0 Å². The molecule has 0 aliphatic heterocycles. The standard InChI is InChI=1S/C17H25NO2/c1-13(2)12-20-17(19)18(3)11-10-15-9-8-14-6-4-5-7-16(14)15/h4-7,13,15H,8-12H2,1-3H3. The first-order chi connectivity index (χ1) is 9.58. The molecule has 20 heavy (non-hydrogen) atoms. The number of rotatable bonds is 5. The average Bonchev–Trinajstić information content (AvgIpc) is 2.85. The Morgan fingerprint density at radius 3 is 2.90 bits per heavy atom. The van der Waals surface area contributed by atoms with E-state index >= 15 is 0 Å². The number of hydrogen-bond donors (Lipinski definition) is 0. The van der Waals surface area contributed by atoms with Crippen molar-refractivity contribution in [3.8, 4) is 0 Å². The van der Waals surface area contributed by atoms with Gasteiger partial charge in [-0.3, -0.25) is 0 Å². The van der Waals surface area contributed by atoms with E-state index in [1.807, 2.05) is 20.9 Å². The van der Waals surface area contributed by atoms with Crippen molar-refractivity contribution in [3.05, 3.63) is 35.4 Å². The van der Waals surface area contributed by atoms with Gasteiger partial charge in [-0.15, -0.1) is 0 Å². The molecule has 1 aliphatic carbocycles. The third-order valence-corrected chi connectivity index (χ3v) is 3.92. The molecule has 2 rings (SSSR count). The second-order valence-electron chi connectivity index (χ2n) is 6.12. The summed E-state index contributed by atoms with van der Waals surface area (Å²) < 4.78 is 5.24. The summed E-state index contributed by atoms with van der Waals surface area (Å²) in [5.74, 6) is 0.973. The Morgan fingerprint density at radius 1 is 1.40 bits per heavy atom. The second-order valence-corrected chi connectivity index (χ2v) is 6.12. The zero-order chi connectivity index (χ0) is 14.5. The SMILES string of the molecule is CC(C)COC(=O)N(C)CCC1CCc2ccccc21. The summed E-state index contributed by atoms with van der Waals surface area (Å²) >= 11 is 0. The number of hydrogen-bond acceptors (Lipinski definition) is 2. The van der Waals surface area contributed by atoms with Gasteiger partial charge in [0.2, 0.25) is 0 Å². The van der Waals surface area contributed by atoms with Gasteiger partial charge in [-0.2, -0.15) is 0 Å². The molecule has 0 fully saturated rings. The molecule has 0 N–H and O–H groups in total. The van der Waals surface area contributed by atoms with Crippen LogP contribution in [0.1, 0.15) is 43.7 Å². The van der Waals surface area contributed by atoms with E-state index in [-0.39, 0.29) is 6.09 Å². The molecule has 3 heteroatoms. The van der Waals surface area contributed by atoms with Crippen molar-refractivity contribution in [2.45, 2.75) is 39.0 Å². The number of nitrogens with zero attached hydrogens (tertiary/aromatic N) is 1. The number of benzene rings is 1. The van der Waals surface area contributed by atoms with Crippen molar-refractivity contribution in [3.63, 3.8) is 0 Å². The maximum Gasteiger partial charge on any atom is 0.409 e. The van der Waals surface area contributed by atoms with Crippen LogP contribution in [0.2, 0.25) is 0 Å². The van der Waals surface area contributed by atoms with Crippen molar-refractivity contribution in [2.75, 3.05) is 20.2 Å². The molecule has 1 atom stereocenters. The number of aryl methyl sites for hydroxylation is 1. The van der Waals surface area contributed by atoms with Crippen molar-refractivity contribution in [1.29, 1.82) is 0 Å². The minimum Gasteiger partial charge on any atom is -0.449 e. The summed E-state index contributed by atoms with van der Waals surface area (Å²) in [6.45, 7) is 5.34. The van der Waals surface area contributed by atoms with Gasteiger partial charge in [0.1, 0.15) is 0 Å². The summed E-state index contributed by atoms with van der Waals surface area (Å²) in [6, 6.07) is 8.66. The first-order valence-electron chi connectivity index (χ1n) is 7.53. The van der Waals surface area contributed by atoms with E-state index in [4.69, 9.17) is 4.74 Å². The van der Waals surface area contributed by atoms with Crippen molar-refractivity contribution >= 4 is 6.09 Å². The van der Waals surface area contributed by atoms with Gasteiger partial charge >= 0.3 is 6.09 Å². The largest absolute Gasteiger partial charge is 0.449 e. The number of fused-ring (bicyclic) bond motifs is 1. The Hall–Kier alpha value is -1.51. The summed E-state index contributed by atoms with van der Waals surface area (Å²) in [4.78, 5) is 13.5. The summed E-state index contributed by atoms with van der Waals surface area (Å²) in [6.07, 6.45) is 3.19. The van der Waals surface area contributed by atoms with E-state index in [0.29, 0.717) is 18.4 Å². The first-order valence-corrected chi connectivity index (χ1v) is 7.53. The fourth-order valence-electron chi connectivity index (χ4n) is 2.73. The molecule has 1 aromatic rings. The number of carbonyl (C=O) groups excluding carboxylic acids is 1. The van der Waals surface area contributed by atoms with Gasteiger partial charge in [-0.1, -0.05) is 38.1 Å². The number of carbonyl (C=O) groups is 1. The lowest BCUT2D eigenvalue weighted by molar-refractivity contribution is 0.0990. The molecule has 0 bridgehead atoms. The topological polar surface area (TPSA) is 29.5 Å². The predicted octanol–water partition coefficient (Wildman–Crippen LogP) is 3.83. The van der Waals surface area contributed by atoms with Gasteiger partial charge < -0.3 is 9.64 Å². The summed E-state index contributed by atoms with van der Waals surface area (Å²) in [5.41, 5.74) is 2.94. The highest BCUT2D eigenvalue weighted by Crippen LogP contribution is 2.35. The van der Waals surface area contributed by atoms with E-state index in [1.54, 1.807) is 4.90 Å². The average molecular weight is 275 g/mol. The molecule has 3 nitrogen and oxygen atoms in total. The van der Waals surface area contributed by atoms with Crippen LogP contribution in [-0.4, -0.2) is 31.2 Å². The van der Waals surface area contributed by atoms with Crippen LogP contribution in [0.5, 0.6) is 0 Å². The van der Waals surface area contributed by atoms with Crippen molar-refractivity contribution < 1.29 is 9.53 Å². The van der Waals surface area contributed by atoms with Gasteiger partial charge in [0, 0.05) is 13.6 Å². The zero-order valence-electron chi connectivity index (χ0n) is 12.8. The molecule has 0 saturated heterocycles. The second kappa shape index (κ2) is 6.78. The van der Waals surface area contributed by atoms with Gasteiger partial charge in [0.15, 0.2) is 0 Å². The number of amides is 1. The van der Waals surface area contributed by atoms with Crippen molar-refractivity contribution in [2.24, 2.45) is 5.92 Å². The van der Waals surface area contributed by atoms with Crippen LogP contribution in [0, 0.1) is 5.92 Å². The molecule has 1 aliphatic rings. The monoisotopic (exact) mass is 275 g/mol. The zero-order valence-corrected chi connectivity index (χ0v) is 12.8. The van der Waals surface area contributed by atoms with Crippen molar-refractivity contribution in [1.82, 2.24) is 4.90 Å². The number of ether oxygens (including phenoxy) is 1. The molecule has 1 amide bonds. The minimum atomic E-state index is -0.204. The molecule has 110 valence electrons. The lowest BCUT2D eigenvalue weighted by Gasteiger charge is -2.20. The Bertz CT molecular complexity index is 456. The molecular formula is C17H25NO2. The molecule has 0 spiro atoms. The van der Waals surface area contributed by atoms with E-state index in [9.17, 15) is 4.79 Å². The van der Waals surface area contributed by atoms with Crippen LogP contribution in [-0.2, 0) is 11.2 Å². The molecule has 0 saturated carbocycles. The Morgan fingerprint density at radius 2 is 2.15 bits per heavy atom. The highest BCUT2D eigenvalue weighted by molar-refractivity contribution is 5.67. The Kier molecular flexibility index (Phi) is 5.05. The fourth-order valence-corrected chi connectivity index (χ4v) is 2.73. The van der Waals surface area contributed by atoms with Crippen LogP contribution in [0.4, 0.5) is 4.79 Å². The maximum atomic E-state index is 11.8. The molecule has 0 heterocycles. The quantitative estimate of drug-likeness (QED) is 0.817. The van der Waals surface area contributed by atoms with Crippen LogP contribution >= 0.6 is 0 Å². The Balaban J connectivity index is 1.80. The van der Waals surface area contributed by atoms with E-state index in [0.717, 1.165) is 13.0 Å². The smallest absolute Gasteiger partial charge is 0.409 e. The van der Waals surface area contributed by atoms with Crippen LogP contribution in [0.25, 0.3) is 0 Å². The third-order valence-electron chi connectivity index (χ3n) is 3.92. The third kappa shape index (κ3) is 3.75. The van der Waals surface area contributed by atoms with Gasteiger partial charge in [-0.05, 0) is 42.2 Å². The molecule has 0 aromatic heterocycles. The van der Waals surface area contributed by atoms with E-state index < -0.39 is 0 Å². The molecule has 1 unspecified atom stereocenters. The normalized spacial score (nSPS) is 17.1. The summed E-state index contributed by atoms with van der Waals surface area (Å²) in [5, 5.41) is 0. The minimum absolute atomic E-state index is 0.204. The van der Waals surface area contributed by atoms with Gasteiger partial charge in [0.05, 0.1) is 6.61 Å². The van der Waals surface area contributed by atoms with E-state index in [1.165, 1.54) is 24.0 Å². The lowest BCUT2D eigenvalue weighted by atomic mass is 9.98. The van der Waals surface area contributed by atoms with Crippen LogP contribution in [0.15, 0.2) is 24.3 Å².